The first-order valence-corrected chi connectivity index (χ1v) is 25.0. The first-order chi connectivity index (χ1) is 41.3. The maximum Gasteiger partial charge on any atom is 0.510 e. The highest BCUT2D eigenvalue weighted by atomic mass is 16.8. The molecule has 8 atom stereocenters. The van der Waals surface area contributed by atoms with Crippen molar-refractivity contribution in [3.8, 4) is 0 Å². The number of carbonyl (C=O) groups is 8. The van der Waals surface area contributed by atoms with Crippen LogP contribution < -0.4 is 0 Å². The van der Waals surface area contributed by atoms with Crippen molar-refractivity contribution < 1.29 is 193 Å². The summed E-state index contributed by atoms with van der Waals surface area (Å²) in [6.07, 6.45) is -12.1. The Morgan fingerprint density at radius 2 is 0.273 bits per heavy atom. The number of hydrogen-bond donors (Lipinski definition) is 8. The van der Waals surface area contributed by atoms with Gasteiger partial charge in [0, 0.05) is 56.9 Å². The summed E-state index contributed by atoms with van der Waals surface area (Å²) in [5.41, 5.74) is 0. The van der Waals surface area contributed by atoms with Gasteiger partial charge in [0.15, 0.2) is 54.3 Å². The second kappa shape index (κ2) is 76.6. The molecule has 0 spiro atoms. The number of rotatable bonds is 32. The van der Waals surface area contributed by atoms with E-state index in [0.717, 1.165) is 0 Å². The zero-order valence-corrected chi connectivity index (χ0v) is 52.6. The Bertz CT molecular complexity index is 1230. The maximum atomic E-state index is 10.5. The number of aliphatic hydroxyl groups is 8. The van der Waals surface area contributed by atoms with Crippen LogP contribution in [0, 0.1) is 0 Å². The normalized spacial score (nSPS) is 12.3. The first kappa shape index (κ1) is 97.8. The van der Waals surface area contributed by atoms with Gasteiger partial charge in [0.2, 0.25) is 0 Å². The molecule has 0 saturated carbocycles. The summed E-state index contributed by atoms with van der Waals surface area (Å²) in [5, 5.41) is 69.3. The van der Waals surface area contributed by atoms with Gasteiger partial charge in [0.1, 0.15) is 52.9 Å². The highest BCUT2D eigenvalue weighted by Crippen LogP contribution is 1.94. The molecule has 0 aliphatic rings. The van der Waals surface area contributed by atoms with E-state index in [4.69, 9.17) is 40.9 Å². The monoisotopic (exact) mass is 1310 g/mol. The van der Waals surface area contributed by atoms with Crippen LogP contribution in [-0.4, -0.2) is 303 Å². The van der Waals surface area contributed by atoms with Gasteiger partial charge >= 0.3 is 49.2 Å². The van der Waals surface area contributed by atoms with Crippen LogP contribution in [0.1, 0.15) is 55.4 Å². The quantitative estimate of drug-likeness (QED) is 0.0264. The van der Waals surface area contributed by atoms with E-state index in [1.54, 1.807) is 0 Å². The lowest BCUT2D eigenvalue weighted by molar-refractivity contribution is -0.0364. The van der Waals surface area contributed by atoms with E-state index in [1.807, 2.05) is 0 Å². The highest BCUT2D eigenvalue weighted by Gasteiger charge is 2.10. The van der Waals surface area contributed by atoms with Crippen LogP contribution >= 0.6 is 0 Å². The summed E-state index contributed by atoms with van der Waals surface area (Å²) in [6.45, 7) is 10.4. The molecule has 0 saturated heterocycles. The van der Waals surface area contributed by atoms with Crippen LogP contribution in [-0.2, 0) is 114 Å². The van der Waals surface area contributed by atoms with Crippen molar-refractivity contribution >= 4 is 49.2 Å². The number of carbonyl (C=O) groups excluding carboxylic acids is 8. The molecule has 0 amide bonds. The molecule has 0 heterocycles. The molecule has 0 rings (SSSR count). The average molecular weight is 1310 g/mol. The molecule has 8 N–H and O–H groups in total. The van der Waals surface area contributed by atoms with Crippen molar-refractivity contribution in [3.63, 3.8) is 0 Å². The molecule has 8 unspecified atom stereocenters. The second-order valence-corrected chi connectivity index (χ2v) is 15.7. The molecule has 0 radical (unpaired) electrons. The van der Waals surface area contributed by atoms with Crippen LogP contribution in [0.3, 0.4) is 0 Å². The third-order valence-electron chi connectivity index (χ3n) is 5.90. The average Bonchev–Trinajstić information content (AvgIpc) is 3.47. The van der Waals surface area contributed by atoms with Crippen molar-refractivity contribution in [2.45, 2.75) is 104 Å². The van der Waals surface area contributed by atoms with Gasteiger partial charge in [-0.25, -0.2) is 38.4 Å². The van der Waals surface area contributed by atoms with E-state index in [2.05, 4.69) is 114 Å². The van der Waals surface area contributed by atoms with Gasteiger partial charge in [-0.2, -0.15) is 0 Å². The molecule has 40 nitrogen and oxygen atoms in total. The van der Waals surface area contributed by atoms with E-state index in [-0.39, 0.29) is 107 Å². The van der Waals surface area contributed by atoms with E-state index < -0.39 is 98.1 Å². The molecule has 0 aromatic carbocycles. The van der Waals surface area contributed by atoms with Crippen molar-refractivity contribution in [3.05, 3.63) is 0 Å². The lowest BCUT2D eigenvalue weighted by Gasteiger charge is -2.05. The van der Waals surface area contributed by atoms with Crippen LogP contribution in [0.5, 0.6) is 0 Å². The summed E-state index contributed by atoms with van der Waals surface area (Å²) >= 11 is 0. The van der Waals surface area contributed by atoms with Crippen LogP contribution in [0.2, 0.25) is 0 Å². The summed E-state index contributed by atoms with van der Waals surface area (Å²) < 4.78 is 106. The molecule has 88 heavy (non-hydrogen) atoms. The minimum atomic E-state index is -0.840. The van der Waals surface area contributed by atoms with Crippen molar-refractivity contribution in [1.29, 1.82) is 0 Å². The van der Waals surface area contributed by atoms with Gasteiger partial charge in [0.05, 0.1) is 48.8 Å². The minimum absolute atomic E-state index is 0.0669. The zero-order chi connectivity index (χ0) is 69.5. The Morgan fingerprint density at radius 1 is 0.193 bits per heavy atom. The summed E-state index contributed by atoms with van der Waals surface area (Å²) in [5.74, 6) is 0. The van der Waals surface area contributed by atoms with Crippen molar-refractivity contribution in [2.24, 2.45) is 0 Å². The van der Waals surface area contributed by atoms with Crippen LogP contribution in [0.4, 0.5) is 38.4 Å². The Hall–Kier alpha value is -6.48. The van der Waals surface area contributed by atoms with Gasteiger partial charge in [-0.15, -0.1) is 0 Å². The Balaban J connectivity index is -0.000000139. The molecule has 0 aromatic heterocycles. The van der Waals surface area contributed by atoms with Gasteiger partial charge in [-0.1, -0.05) is 0 Å². The Morgan fingerprint density at radius 3 is 0.330 bits per heavy atom. The fraction of sp³-hybridized carbons (Fsp3) is 0.833. The fourth-order valence-electron chi connectivity index (χ4n) is 2.70. The van der Waals surface area contributed by atoms with E-state index in [9.17, 15) is 38.4 Å². The van der Waals surface area contributed by atoms with Gasteiger partial charge in [0.25, 0.3) is 0 Å². The molecule has 0 aliphatic carbocycles. The number of ether oxygens (including phenoxy) is 24. The summed E-state index contributed by atoms with van der Waals surface area (Å²) in [7, 11) is 11.1. The number of methoxy groups -OCH3 is 8. The molecule has 40 heteroatoms. The fourth-order valence-corrected chi connectivity index (χ4v) is 2.70. The smallest absolute Gasteiger partial charge is 0.431 e. The van der Waals surface area contributed by atoms with Gasteiger partial charge in [-0.05, 0) is 55.4 Å². The molecule has 0 aromatic rings. The minimum Gasteiger partial charge on any atom is -0.431 e. The summed E-state index contributed by atoms with van der Waals surface area (Å²) in [4.78, 5) is 83.8. The van der Waals surface area contributed by atoms with Gasteiger partial charge in [-0.3, -0.25) is 0 Å². The number of hydrogen-bond acceptors (Lipinski definition) is 40. The lowest BCUT2D eigenvalue weighted by atomic mass is 10.5. The third-order valence-corrected chi connectivity index (χ3v) is 5.90. The first-order valence-electron chi connectivity index (χ1n) is 25.0. The molecule has 0 aliphatic heterocycles. The van der Waals surface area contributed by atoms with Crippen LogP contribution in [0.15, 0.2) is 0 Å². The maximum absolute atomic E-state index is 10.5. The molecule has 0 fully saturated rings. The standard InChI is InChI=1S/8C6H12O5/c8*1-5(7)3-10-6(8)11-4-9-2/h8*5,7H,3-4H2,1-2H3. The van der Waals surface area contributed by atoms with Crippen LogP contribution in [0.25, 0.3) is 0 Å². The predicted octanol–water partition coefficient (Wildman–Crippen LogP) is 0.994. The molecule has 0 bridgehead atoms. The predicted molar refractivity (Wildman–Crippen MR) is 288 cm³/mol. The topological polar surface area (TPSA) is 520 Å². The van der Waals surface area contributed by atoms with E-state index in [0.29, 0.717) is 0 Å². The molecular weight excluding hydrogens is 1220 g/mol. The second-order valence-electron chi connectivity index (χ2n) is 15.7. The zero-order valence-electron chi connectivity index (χ0n) is 52.6. The summed E-state index contributed by atoms with van der Waals surface area (Å²) in [6, 6.07) is 0. The number of aliphatic hydroxyl groups excluding tert-OH is 8. The Labute approximate surface area is 509 Å². The van der Waals surface area contributed by atoms with E-state index >= 15 is 0 Å². The lowest BCUT2D eigenvalue weighted by Crippen LogP contribution is -2.16. The van der Waals surface area contributed by atoms with Crippen molar-refractivity contribution in [2.75, 3.05) is 164 Å². The SMILES string of the molecule is COCOC(=O)OCC(C)O.COCOC(=O)OCC(C)O.COCOC(=O)OCC(C)O.COCOC(=O)OCC(C)O.COCOC(=O)OCC(C)O.COCOC(=O)OCC(C)O.COCOC(=O)OCC(C)O.COCOC(=O)OCC(C)O. The highest BCUT2D eigenvalue weighted by molar-refractivity contribution is 5.61. The van der Waals surface area contributed by atoms with Crippen molar-refractivity contribution in [1.82, 2.24) is 0 Å². The Kier molecular flexibility index (Phi) is 85.1. The molecular formula is C48H96O40. The van der Waals surface area contributed by atoms with E-state index in [1.165, 1.54) is 112 Å². The van der Waals surface area contributed by atoms with Gasteiger partial charge < -0.3 is 155 Å². The third kappa shape index (κ3) is 114. The molecule has 528 valence electrons. The largest absolute Gasteiger partial charge is 0.510 e.